The molecule has 1 aromatic carbocycles. The van der Waals surface area contributed by atoms with Gasteiger partial charge in [0.1, 0.15) is 5.01 Å². The molecule has 0 saturated carbocycles. The maximum atomic E-state index is 12.2. The van der Waals surface area contributed by atoms with Gasteiger partial charge in [0.2, 0.25) is 15.2 Å². The third-order valence-corrected chi connectivity index (χ3v) is 5.71. The molecule has 0 atom stereocenters. The summed E-state index contributed by atoms with van der Waals surface area (Å²) in [7, 11) is -2.17. The van der Waals surface area contributed by atoms with E-state index in [0.717, 1.165) is 30.7 Å². The van der Waals surface area contributed by atoms with Gasteiger partial charge in [0.25, 0.3) is 5.91 Å². The van der Waals surface area contributed by atoms with Crippen molar-refractivity contribution in [3.63, 3.8) is 0 Å². The number of aromatic nitrogens is 2. The summed E-state index contributed by atoms with van der Waals surface area (Å²) in [6, 6.07) is 5.69. The lowest BCUT2D eigenvalue weighted by Crippen LogP contribution is -2.19. The second kappa shape index (κ2) is 8.32. The van der Waals surface area contributed by atoms with Gasteiger partial charge in [-0.15, -0.1) is 10.2 Å². The fourth-order valence-corrected chi connectivity index (χ4v) is 3.51. The van der Waals surface area contributed by atoms with Gasteiger partial charge >= 0.3 is 0 Å². The largest absolute Gasteiger partial charge is 0.296 e. The number of nitrogens with zero attached hydrogens (tertiary/aromatic N) is 2. The van der Waals surface area contributed by atoms with Gasteiger partial charge in [-0.25, -0.2) is 13.1 Å². The summed E-state index contributed by atoms with van der Waals surface area (Å²) < 4.78 is 25.5. The highest BCUT2D eigenvalue weighted by atomic mass is 32.2. The Hall–Kier alpha value is -1.84. The number of rotatable bonds is 8. The van der Waals surface area contributed by atoms with E-state index in [-0.39, 0.29) is 10.8 Å². The van der Waals surface area contributed by atoms with Gasteiger partial charge in [0, 0.05) is 12.0 Å². The van der Waals surface area contributed by atoms with Crippen molar-refractivity contribution in [3.05, 3.63) is 34.8 Å². The van der Waals surface area contributed by atoms with E-state index >= 15 is 0 Å². The van der Waals surface area contributed by atoms with Crippen LogP contribution in [0.5, 0.6) is 0 Å². The van der Waals surface area contributed by atoms with Gasteiger partial charge < -0.3 is 0 Å². The van der Waals surface area contributed by atoms with E-state index < -0.39 is 10.0 Å². The van der Waals surface area contributed by atoms with Crippen molar-refractivity contribution in [3.8, 4) is 0 Å². The molecule has 0 aliphatic carbocycles. The van der Waals surface area contributed by atoms with Crippen molar-refractivity contribution in [2.75, 3.05) is 12.4 Å². The van der Waals surface area contributed by atoms with Crippen molar-refractivity contribution >= 4 is 32.4 Å². The van der Waals surface area contributed by atoms with E-state index in [1.807, 2.05) is 0 Å². The molecule has 9 heteroatoms. The molecule has 2 rings (SSSR count). The van der Waals surface area contributed by atoms with Gasteiger partial charge in [-0.1, -0.05) is 31.1 Å². The number of nitrogens with one attached hydrogen (secondary N) is 2. The van der Waals surface area contributed by atoms with E-state index in [0.29, 0.717) is 10.7 Å². The Labute approximate surface area is 145 Å². The number of anilines is 1. The average molecular weight is 368 g/mol. The van der Waals surface area contributed by atoms with Crippen molar-refractivity contribution in [1.29, 1.82) is 0 Å². The lowest BCUT2D eigenvalue weighted by Gasteiger charge is -2.04. The van der Waals surface area contributed by atoms with Crippen LogP contribution in [-0.4, -0.2) is 31.6 Å². The van der Waals surface area contributed by atoms with Crippen molar-refractivity contribution in [1.82, 2.24) is 14.9 Å². The SMILES string of the molecule is CCCCCc1nnc(NC(=O)c2ccc(S(=O)(=O)NC)cc2)s1. The molecule has 1 aromatic heterocycles. The zero-order valence-electron chi connectivity index (χ0n) is 13.6. The number of hydrogen-bond donors (Lipinski definition) is 2. The van der Waals surface area contributed by atoms with E-state index in [1.54, 1.807) is 0 Å². The highest BCUT2D eigenvalue weighted by Gasteiger charge is 2.14. The normalized spacial score (nSPS) is 11.4. The number of carbonyl (C=O) groups excluding carboxylic acids is 1. The standard InChI is InChI=1S/C15H20N4O3S2/c1-3-4-5-6-13-18-19-15(23-13)17-14(20)11-7-9-12(10-8-11)24(21,22)16-2/h7-10,16H,3-6H2,1-2H3,(H,17,19,20). The van der Waals surface area contributed by atoms with Crippen molar-refractivity contribution < 1.29 is 13.2 Å². The molecule has 1 amide bonds. The summed E-state index contributed by atoms with van der Waals surface area (Å²) >= 11 is 1.36. The molecule has 7 nitrogen and oxygen atoms in total. The predicted molar refractivity (Wildman–Crippen MR) is 93.8 cm³/mol. The van der Waals surface area contributed by atoms with Gasteiger partial charge in [0.15, 0.2) is 0 Å². The lowest BCUT2D eigenvalue weighted by molar-refractivity contribution is 0.102. The molecule has 0 fully saturated rings. The first-order chi connectivity index (χ1) is 11.5. The fraction of sp³-hybridized carbons (Fsp3) is 0.400. The Bertz CT molecular complexity index is 785. The van der Waals surface area contributed by atoms with Crippen LogP contribution in [0.4, 0.5) is 5.13 Å². The van der Waals surface area contributed by atoms with Crippen LogP contribution >= 0.6 is 11.3 Å². The fourth-order valence-electron chi connectivity index (χ4n) is 2.00. The molecule has 2 N–H and O–H groups in total. The van der Waals surface area contributed by atoms with E-state index in [2.05, 4.69) is 27.2 Å². The molecule has 0 spiro atoms. The third kappa shape index (κ3) is 4.83. The third-order valence-electron chi connectivity index (χ3n) is 3.38. The van der Waals surface area contributed by atoms with Crippen molar-refractivity contribution in [2.45, 2.75) is 37.5 Å². The molecule has 0 saturated heterocycles. The number of aryl methyl sites for hydroxylation is 1. The summed E-state index contributed by atoms with van der Waals surface area (Å²) in [5, 5.41) is 12.0. The van der Waals surface area contributed by atoms with Gasteiger partial charge in [0.05, 0.1) is 4.90 Å². The number of unbranched alkanes of at least 4 members (excludes halogenated alkanes) is 2. The Morgan fingerprint density at radius 3 is 2.50 bits per heavy atom. The number of amides is 1. The zero-order valence-corrected chi connectivity index (χ0v) is 15.2. The first kappa shape index (κ1) is 18.5. The molecule has 130 valence electrons. The molecule has 0 radical (unpaired) electrons. The summed E-state index contributed by atoms with van der Waals surface area (Å²) in [6.45, 7) is 2.14. The lowest BCUT2D eigenvalue weighted by atomic mass is 10.2. The molecule has 0 bridgehead atoms. The van der Waals surface area contributed by atoms with Crippen molar-refractivity contribution in [2.24, 2.45) is 0 Å². The average Bonchev–Trinajstić information content (AvgIpc) is 3.02. The molecular formula is C15H20N4O3S2. The summed E-state index contributed by atoms with van der Waals surface area (Å²) in [4.78, 5) is 12.3. The Kier molecular flexibility index (Phi) is 6.41. The van der Waals surface area contributed by atoms with E-state index in [9.17, 15) is 13.2 Å². The second-order valence-electron chi connectivity index (χ2n) is 5.14. The number of benzene rings is 1. The zero-order chi connectivity index (χ0) is 17.6. The Morgan fingerprint density at radius 1 is 1.17 bits per heavy atom. The van der Waals surface area contributed by atoms with Crippen LogP contribution in [-0.2, 0) is 16.4 Å². The first-order valence-electron chi connectivity index (χ1n) is 7.63. The monoisotopic (exact) mass is 368 g/mol. The summed E-state index contributed by atoms with van der Waals surface area (Å²) in [5.74, 6) is -0.348. The highest BCUT2D eigenvalue weighted by Crippen LogP contribution is 2.19. The van der Waals surface area contributed by atoms with Gasteiger partial charge in [-0.3, -0.25) is 10.1 Å². The molecule has 2 aromatic rings. The minimum Gasteiger partial charge on any atom is -0.296 e. The van der Waals surface area contributed by atoms with Gasteiger partial charge in [-0.05, 0) is 37.7 Å². The van der Waals surface area contributed by atoms with Crippen LogP contribution in [0.3, 0.4) is 0 Å². The molecule has 0 unspecified atom stereocenters. The Balaban J connectivity index is 2.00. The summed E-state index contributed by atoms with van der Waals surface area (Å²) in [5.41, 5.74) is 0.354. The second-order valence-corrected chi connectivity index (χ2v) is 8.09. The van der Waals surface area contributed by atoms with Crippen LogP contribution in [0.1, 0.15) is 41.6 Å². The Morgan fingerprint density at radius 2 is 1.88 bits per heavy atom. The number of carbonyl (C=O) groups is 1. The molecule has 0 aliphatic rings. The molecular weight excluding hydrogens is 348 g/mol. The van der Waals surface area contributed by atoms with Crippen LogP contribution in [0.15, 0.2) is 29.2 Å². The van der Waals surface area contributed by atoms with Crippen LogP contribution in [0, 0.1) is 0 Å². The maximum Gasteiger partial charge on any atom is 0.257 e. The minimum absolute atomic E-state index is 0.107. The first-order valence-corrected chi connectivity index (χ1v) is 9.93. The number of sulfonamides is 1. The quantitative estimate of drug-likeness (QED) is 0.697. The maximum absolute atomic E-state index is 12.2. The van der Waals surface area contributed by atoms with Crippen LogP contribution < -0.4 is 10.0 Å². The van der Waals surface area contributed by atoms with Crippen LogP contribution in [0.2, 0.25) is 0 Å². The molecule has 0 aliphatic heterocycles. The summed E-state index contributed by atoms with van der Waals surface area (Å²) in [6.07, 6.45) is 4.20. The topological polar surface area (TPSA) is 101 Å². The minimum atomic E-state index is -3.51. The molecule has 1 heterocycles. The molecule has 24 heavy (non-hydrogen) atoms. The number of hydrogen-bond acceptors (Lipinski definition) is 6. The van der Waals surface area contributed by atoms with E-state index in [1.165, 1.54) is 42.6 Å². The highest BCUT2D eigenvalue weighted by molar-refractivity contribution is 7.89. The van der Waals surface area contributed by atoms with Gasteiger partial charge in [-0.2, -0.15) is 0 Å². The predicted octanol–water partition coefficient (Wildman–Crippen LogP) is 2.43. The van der Waals surface area contributed by atoms with Crippen LogP contribution in [0.25, 0.3) is 0 Å². The smallest absolute Gasteiger partial charge is 0.257 e. The van der Waals surface area contributed by atoms with E-state index in [4.69, 9.17) is 0 Å².